The minimum Gasteiger partial charge on any atom is -0.459 e. The Labute approximate surface area is 103 Å². The van der Waals surface area contributed by atoms with E-state index in [4.69, 9.17) is 4.74 Å². The standard InChI is InChI=1S/C11H12N2O3S/c1-15-10(14)3-2-9-8-17-11(12-9)13-4-6-16-7-5-13/h8H,4-7H2,1H3. The summed E-state index contributed by atoms with van der Waals surface area (Å²) in [4.78, 5) is 17.3. The van der Waals surface area contributed by atoms with Crippen LogP contribution in [0.15, 0.2) is 5.38 Å². The number of carbonyl (C=O) groups excluding carboxylic acids is 1. The lowest BCUT2D eigenvalue weighted by Crippen LogP contribution is -2.36. The molecule has 0 radical (unpaired) electrons. The summed E-state index contributed by atoms with van der Waals surface area (Å²) in [5, 5.41) is 2.75. The van der Waals surface area contributed by atoms with Crippen LogP contribution in [0.1, 0.15) is 5.69 Å². The van der Waals surface area contributed by atoms with E-state index in [1.54, 1.807) is 0 Å². The van der Waals surface area contributed by atoms with Gasteiger partial charge < -0.3 is 14.4 Å². The molecule has 0 N–H and O–H groups in total. The molecule has 0 aromatic carbocycles. The molecule has 1 fully saturated rings. The molecule has 90 valence electrons. The van der Waals surface area contributed by atoms with Crippen molar-refractivity contribution >= 4 is 22.4 Å². The van der Waals surface area contributed by atoms with E-state index in [1.165, 1.54) is 18.4 Å². The quantitative estimate of drug-likeness (QED) is 0.538. The van der Waals surface area contributed by atoms with Crippen molar-refractivity contribution < 1.29 is 14.3 Å². The summed E-state index contributed by atoms with van der Waals surface area (Å²) in [7, 11) is 1.30. The summed E-state index contributed by atoms with van der Waals surface area (Å²) in [6.07, 6.45) is 0. The number of morpholine rings is 1. The van der Waals surface area contributed by atoms with Gasteiger partial charge in [-0.15, -0.1) is 11.3 Å². The predicted molar refractivity (Wildman–Crippen MR) is 64.0 cm³/mol. The first kappa shape index (κ1) is 11.9. The molecule has 0 saturated carbocycles. The van der Waals surface area contributed by atoms with Crippen molar-refractivity contribution in [3.63, 3.8) is 0 Å². The highest BCUT2D eigenvalue weighted by Crippen LogP contribution is 2.20. The monoisotopic (exact) mass is 252 g/mol. The van der Waals surface area contributed by atoms with E-state index in [0.29, 0.717) is 5.69 Å². The van der Waals surface area contributed by atoms with Gasteiger partial charge in [0, 0.05) is 24.4 Å². The van der Waals surface area contributed by atoms with Crippen molar-refractivity contribution in [3.05, 3.63) is 11.1 Å². The van der Waals surface area contributed by atoms with Crippen molar-refractivity contribution in [2.24, 2.45) is 0 Å². The third kappa shape index (κ3) is 3.19. The second-order valence-electron chi connectivity index (χ2n) is 3.36. The zero-order valence-corrected chi connectivity index (χ0v) is 10.2. The minimum atomic E-state index is -0.550. The SMILES string of the molecule is COC(=O)C#Cc1csc(N2CCOCC2)n1. The average molecular weight is 252 g/mol. The molecule has 1 saturated heterocycles. The predicted octanol–water partition coefficient (Wildman–Crippen LogP) is 0.504. The first-order chi connectivity index (χ1) is 8.29. The van der Waals surface area contributed by atoms with Crippen LogP contribution < -0.4 is 4.90 Å². The fourth-order valence-corrected chi connectivity index (χ4v) is 2.20. The highest BCUT2D eigenvalue weighted by molar-refractivity contribution is 7.13. The second kappa shape index (κ2) is 5.66. The first-order valence-corrected chi connectivity index (χ1v) is 6.06. The van der Waals surface area contributed by atoms with Gasteiger partial charge in [-0.2, -0.15) is 0 Å². The third-order valence-electron chi connectivity index (χ3n) is 2.25. The summed E-state index contributed by atoms with van der Waals surface area (Å²) >= 11 is 1.52. The summed E-state index contributed by atoms with van der Waals surface area (Å²) in [6, 6.07) is 0. The number of anilines is 1. The highest BCUT2D eigenvalue weighted by Gasteiger charge is 2.13. The lowest BCUT2D eigenvalue weighted by atomic mass is 10.4. The van der Waals surface area contributed by atoms with E-state index < -0.39 is 5.97 Å². The molecule has 5 nitrogen and oxygen atoms in total. The topological polar surface area (TPSA) is 51.7 Å². The first-order valence-electron chi connectivity index (χ1n) is 5.18. The van der Waals surface area contributed by atoms with Crippen LogP contribution >= 0.6 is 11.3 Å². The van der Waals surface area contributed by atoms with E-state index in [2.05, 4.69) is 26.5 Å². The smallest absolute Gasteiger partial charge is 0.384 e. The average Bonchev–Trinajstić information content (AvgIpc) is 2.86. The molecule has 0 spiro atoms. The number of nitrogens with zero attached hydrogens (tertiary/aromatic N) is 2. The van der Waals surface area contributed by atoms with Gasteiger partial charge in [0.25, 0.3) is 0 Å². The van der Waals surface area contributed by atoms with Crippen molar-refractivity contribution in [2.75, 3.05) is 38.3 Å². The molecule has 0 atom stereocenters. The molecular weight excluding hydrogens is 240 g/mol. The van der Waals surface area contributed by atoms with Crippen molar-refractivity contribution in [3.8, 4) is 11.8 Å². The Hall–Kier alpha value is -1.58. The number of carbonyl (C=O) groups is 1. The summed E-state index contributed by atoms with van der Waals surface area (Å²) in [5.74, 6) is 4.48. The molecule has 2 rings (SSSR count). The molecule has 1 aliphatic heterocycles. The highest BCUT2D eigenvalue weighted by atomic mass is 32.1. The molecule has 1 aromatic rings. The molecule has 0 unspecified atom stereocenters. The Balaban J connectivity index is 2.04. The van der Waals surface area contributed by atoms with Crippen LogP contribution in [0.2, 0.25) is 0 Å². The van der Waals surface area contributed by atoms with Gasteiger partial charge in [0.2, 0.25) is 0 Å². The van der Waals surface area contributed by atoms with Crippen molar-refractivity contribution in [1.29, 1.82) is 0 Å². The van der Waals surface area contributed by atoms with Crippen LogP contribution in [0, 0.1) is 11.8 Å². The zero-order valence-electron chi connectivity index (χ0n) is 9.43. The Morgan fingerprint density at radius 3 is 3.06 bits per heavy atom. The molecule has 0 bridgehead atoms. The van der Waals surface area contributed by atoms with Gasteiger partial charge >= 0.3 is 5.97 Å². The largest absolute Gasteiger partial charge is 0.459 e. The number of thiazole rings is 1. The lowest BCUT2D eigenvalue weighted by Gasteiger charge is -2.25. The minimum absolute atomic E-state index is 0.550. The molecule has 1 aromatic heterocycles. The van der Waals surface area contributed by atoms with Crippen molar-refractivity contribution in [1.82, 2.24) is 4.98 Å². The summed E-state index contributed by atoms with van der Waals surface area (Å²) in [5.41, 5.74) is 0.599. The number of rotatable bonds is 1. The molecule has 1 aliphatic rings. The van der Waals surface area contributed by atoms with Gasteiger partial charge in [-0.25, -0.2) is 9.78 Å². The van der Waals surface area contributed by atoms with E-state index >= 15 is 0 Å². The normalized spacial score (nSPS) is 15.0. The number of aromatic nitrogens is 1. The summed E-state index contributed by atoms with van der Waals surface area (Å²) in [6.45, 7) is 3.14. The van der Waals surface area contributed by atoms with E-state index in [1.807, 2.05) is 5.38 Å². The van der Waals surface area contributed by atoms with Crippen molar-refractivity contribution in [2.45, 2.75) is 0 Å². The molecular formula is C11H12N2O3S. The maximum Gasteiger partial charge on any atom is 0.384 e. The Morgan fingerprint density at radius 2 is 2.35 bits per heavy atom. The Morgan fingerprint density at radius 1 is 1.59 bits per heavy atom. The number of hydrogen-bond donors (Lipinski definition) is 0. The molecule has 6 heteroatoms. The third-order valence-corrected chi connectivity index (χ3v) is 3.15. The zero-order chi connectivity index (χ0) is 12.1. The van der Waals surface area contributed by atoms with E-state index in [-0.39, 0.29) is 0 Å². The molecule has 17 heavy (non-hydrogen) atoms. The number of methoxy groups -OCH3 is 1. The maximum absolute atomic E-state index is 10.8. The van der Waals surface area contributed by atoms with Crippen LogP contribution in [-0.2, 0) is 14.3 Å². The Bertz CT molecular complexity index is 455. The van der Waals surface area contributed by atoms with Gasteiger partial charge in [0.05, 0.1) is 20.3 Å². The number of hydrogen-bond acceptors (Lipinski definition) is 6. The van der Waals surface area contributed by atoms with Gasteiger partial charge in [0.1, 0.15) is 5.69 Å². The van der Waals surface area contributed by atoms with Crippen LogP contribution in [0.25, 0.3) is 0 Å². The number of esters is 1. The van der Waals surface area contributed by atoms with Gasteiger partial charge in [-0.05, 0) is 5.92 Å². The molecule has 0 amide bonds. The summed E-state index contributed by atoms with van der Waals surface area (Å²) < 4.78 is 9.70. The molecule has 2 heterocycles. The van der Waals surface area contributed by atoms with Crippen LogP contribution in [0.4, 0.5) is 5.13 Å². The lowest BCUT2D eigenvalue weighted by molar-refractivity contribution is -0.133. The number of ether oxygens (including phenoxy) is 2. The van der Waals surface area contributed by atoms with Gasteiger partial charge in [0.15, 0.2) is 5.13 Å². The van der Waals surface area contributed by atoms with Crippen LogP contribution in [0.5, 0.6) is 0 Å². The van der Waals surface area contributed by atoms with Gasteiger partial charge in [-0.3, -0.25) is 0 Å². The van der Waals surface area contributed by atoms with E-state index in [0.717, 1.165) is 31.4 Å². The van der Waals surface area contributed by atoms with Crippen LogP contribution in [0.3, 0.4) is 0 Å². The maximum atomic E-state index is 10.8. The van der Waals surface area contributed by atoms with Gasteiger partial charge in [-0.1, -0.05) is 0 Å². The fourth-order valence-electron chi connectivity index (χ4n) is 1.39. The van der Waals surface area contributed by atoms with Crippen LogP contribution in [-0.4, -0.2) is 44.4 Å². The fraction of sp³-hybridized carbons (Fsp3) is 0.455. The molecule has 0 aliphatic carbocycles. The second-order valence-corrected chi connectivity index (χ2v) is 4.19. The Kier molecular flexibility index (Phi) is 3.96. The van der Waals surface area contributed by atoms with E-state index in [9.17, 15) is 4.79 Å².